The van der Waals surface area contributed by atoms with Crippen LogP contribution in [0, 0.1) is 13.8 Å². The van der Waals surface area contributed by atoms with Crippen molar-refractivity contribution in [3.8, 4) is 0 Å². The van der Waals surface area contributed by atoms with Crippen LogP contribution in [0.25, 0.3) is 0 Å². The molecule has 1 aromatic rings. The first-order valence-corrected chi connectivity index (χ1v) is 5.08. The van der Waals surface area contributed by atoms with Gasteiger partial charge in [-0.05, 0) is 13.8 Å². The Morgan fingerprint density at radius 3 is 2.69 bits per heavy atom. The fourth-order valence-electron chi connectivity index (χ4n) is 1.43. The Bertz CT molecular complexity index is 344. The second-order valence-corrected chi connectivity index (χ2v) is 3.55. The zero-order valence-corrected chi connectivity index (χ0v) is 9.45. The number of alkyl halides is 2. The lowest BCUT2D eigenvalue weighted by Gasteiger charge is -2.23. The summed E-state index contributed by atoms with van der Waals surface area (Å²) >= 11 is 0. The smallest absolute Gasteiger partial charge is 0.255 e. The van der Waals surface area contributed by atoms with E-state index in [1.54, 1.807) is 20.0 Å². The predicted octanol–water partition coefficient (Wildman–Crippen LogP) is 1.12. The highest BCUT2D eigenvalue weighted by Gasteiger charge is 2.16. The van der Waals surface area contributed by atoms with Crippen molar-refractivity contribution < 1.29 is 8.78 Å². The topological polar surface area (TPSA) is 55.0 Å². The number of rotatable bonds is 5. The Labute approximate surface area is 93.5 Å². The molecule has 0 amide bonds. The summed E-state index contributed by atoms with van der Waals surface area (Å²) in [5, 5.41) is 0. The number of hydrogen-bond donors (Lipinski definition) is 1. The van der Waals surface area contributed by atoms with Crippen LogP contribution in [0.3, 0.4) is 0 Å². The number of halogens is 2. The van der Waals surface area contributed by atoms with E-state index in [0.717, 1.165) is 0 Å². The number of aryl methyl sites for hydroxylation is 2. The maximum absolute atomic E-state index is 12.4. The number of aromatic nitrogens is 2. The molecule has 0 saturated heterocycles. The molecule has 0 aliphatic rings. The maximum atomic E-state index is 12.4. The second-order valence-electron chi connectivity index (χ2n) is 3.55. The number of hydrogen-bond acceptors (Lipinski definition) is 4. The van der Waals surface area contributed by atoms with Crippen molar-refractivity contribution in [3.63, 3.8) is 0 Å². The molecule has 1 heterocycles. The Morgan fingerprint density at radius 1 is 1.44 bits per heavy atom. The summed E-state index contributed by atoms with van der Waals surface area (Å²) in [6.07, 6.45) is -0.796. The molecule has 2 N–H and O–H groups in total. The molecule has 90 valence electrons. The van der Waals surface area contributed by atoms with E-state index in [1.807, 2.05) is 0 Å². The minimum atomic E-state index is -2.41. The number of nitrogens with two attached hydrogens (primary N) is 1. The van der Waals surface area contributed by atoms with Gasteiger partial charge in [-0.3, -0.25) is 4.98 Å². The fraction of sp³-hybridized carbons (Fsp3) is 0.600. The third kappa shape index (κ3) is 3.37. The molecule has 1 rings (SSSR count). The van der Waals surface area contributed by atoms with Gasteiger partial charge in [-0.15, -0.1) is 0 Å². The first-order valence-electron chi connectivity index (χ1n) is 5.08. The zero-order valence-electron chi connectivity index (χ0n) is 9.45. The van der Waals surface area contributed by atoms with E-state index in [9.17, 15) is 8.78 Å². The zero-order chi connectivity index (χ0) is 12.1. The largest absolute Gasteiger partial charge is 0.348 e. The van der Waals surface area contributed by atoms with Gasteiger partial charge in [0.25, 0.3) is 6.43 Å². The van der Waals surface area contributed by atoms with Gasteiger partial charge in [0, 0.05) is 19.3 Å². The first kappa shape index (κ1) is 12.8. The van der Waals surface area contributed by atoms with Gasteiger partial charge >= 0.3 is 0 Å². The van der Waals surface area contributed by atoms with Crippen molar-refractivity contribution in [1.82, 2.24) is 9.97 Å². The monoisotopic (exact) mass is 230 g/mol. The standard InChI is InChI=1S/C10H16F2N4/c1-7-5-14-8(2)10(15-7)16(4-3-13)6-9(11)12/h5,9H,3-4,6,13H2,1-2H3. The van der Waals surface area contributed by atoms with Crippen molar-refractivity contribution in [2.45, 2.75) is 20.3 Å². The average Bonchev–Trinajstić information content (AvgIpc) is 2.20. The molecule has 0 radical (unpaired) electrons. The van der Waals surface area contributed by atoms with Crippen LogP contribution in [0.2, 0.25) is 0 Å². The lowest BCUT2D eigenvalue weighted by Crippen LogP contribution is -2.35. The van der Waals surface area contributed by atoms with E-state index < -0.39 is 6.43 Å². The molecule has 0 atom stereocenters. The van der Waals surface area contributed by atoms with E-state index in [2.05, 4.69) is 9.97 Å². The SMILES string of the molecule is Cc1cnc(C)c(N(CCN)CC(F)F)n1. The van der Waals surface area contributed by atoms with Crippen LogP contribution in [-0.4, -0.2) is 36.0 Å². The summed E-state index contributed by atoms with van der Waals surface area (Å²) in [6, 6.07) is 0. The van der Waals surface area contributed by atoms with Crippen molar-refractivity contribution in [2.75, 3.05) is 24.5 Å². The van der Waals surface area contributed by atoms with Crippen LogP contribution in [0.1, 0.15) is 11.4 Å². The van der Waals surface area contributed by atoms with Crippen molar-refractivity contribution in [1.29, 1.82) is 0 Å². The van der Waals surface area contributed by atoms with Crippen LogP contribution in [0.4, 0.5) is 14.6 Å². The molecule has 16 heavy (non-hydrogen) atoms. The molecule has 0 unspecified atom stereocenters. The predicted molar refractivity (Wildman–Crippen MR) is 58.8 cm³/mol. The van der Waals surface area contributed by atoms with Crippen molar-refractivity contribution >= 4 is 5.82 Å². The molecular weight excluding hydrogens is 214 g/mol. The number of nitrogens with zero attached hydrogens (tertiary/aromatic N) is 3. The maximum Gasteiger partial charge on any atom is 0.255 e. The third-order valence-corrected chi connectivity index (χ3v) is 2.11. The molecular formula is C10H16F2N4. The van der Waals surface area contributed by atoms with Gasteiger partial charge < -0.3 is 10.6 Å². The van der Waals surface area contributed by atoms with Crippen LogP contribution < -0.4 is 10.6 Å². The van der Waals surface area contributed by atoms with Crippen LogP contribution in [0.15, 0.2) is 6.20 Å². The summed E-state index contributed by atoms with van der Waals surface area (Å²) in [6.45, 7) is 3.82. The van der Waals surface area contributed by atoms with Gasteiger partial charge in [0.05, 0.1) is 17.9 Å². The Kier molecular flexibility index (Phi) is 4.54. The summed E-state index contributed by atoms with van der Waals surface area (Å²) in [4.78, 5) is 9.79. The highest BCUT2D eigenvalue weighted by atomic mass is 19.3. The second kappa shape index (κ2) is 5.69. The molecule has 6 heteroatoms. The minimum Gasteiger partial charge on any atom is -0.348 e. The number of anilines is 1. The summed E-state index contributed by atoms with van der Waals surface area (Å²) < 4.78 is 24.8. The van der Waals surface area contributed by atoms with Crippen LogP contribution in [-0.2, 0) is 0 Å². The average molecular weight is 230 g/mol. The van der Waals surface area contributed by atoms with Gasteiger partial charge in [0.2, 0.25) is 0 Å². The van der Waals surface area contributed by atoms with E-state index in [0.29, 0.717) is 30.3 Å². The Morgan fingerprint density at radius 2 is 2.12 bits per heavy atom. The molecule has 0 aromatic carbocycles. The van der Waals surface area contributed by atoms with Gasteiger partial charge in [-0.2, -0.15) is 0 Å². The van der Waals surface area contributed by atoms with E-state index in [4.69, 9.17) is 5.73 Å². The first-order chi connectivity index (χ1) is 7.54. The third-order valence-electron chi connectivity index (χ3n) is 2.11. The molecule has 1 aromatic heterocycles. The molecule has 0 saturated carbocycles. The minimum absolute atomic E-state index is 0.307. The van der Waals surface area contributed by atoms with Crippen LogP contribution in [0.5, 0.6) is 0 Å². The van der Waals surface area contributed by atoms with E-state index >= 15 is 0 Å². The Hall–Kier alpha value is -1.30. The fourth-order valence-corrected chi connectivity index (χ4v) is 1.43. The normalized spacial score (nSPS) is 10.9. The van der Waals surface area contributed by atoms with Gasteiger partial charge in [-0.25, -0.2) is 13.8 Å². The molecule has 0 aliphatic heterocycles. The van der Waals surface area contributed by atoms with Crippen molar-refractivity contribution in [2.24, 2.45) is 5.73 Å². The lowest BCUT2D eigenvalue weighted by molar-refractivity contribution is 0.154. The molecule has 0 aliphatic carbocycles. The molecule has 0 bridgehead atoms. The Balaban J connectivity index is 2.94. The summed E-state index contributed by atoms with van der Waals surface area (Å²) in [5.41, 5.74) is 6.74. The highest BCUT2D eigenvalue weighted by molar-refractivity contribution is 5.43. The molecule has 4 nitrogen and oxygen atoms in total. The van der Waals surface area contributed by atoms with Gasteiger partial charge in [0.15, 0.2) is 5.82 Å². The highest BCUT2D eigenvalue weighted by Crippen LogP contribution is 2.16. The van der Waals surface area contributed by atoms with Crippen LogP contribution >= 0.6 is 0 Å². The van der Waals surface area contributed by atoms with Gasteiger partial charge in [0.1, 0.15) is 0 Å². The summed E-state index contributed by atoms with van der Waals surface area (Å²) in [7, 11) is 0. The summed E-state index contributed by atoms with van der Waals surface area (Å²) in [5.74, 6) is 0.491. The molecule has 0 spiro atoms. The van der Waals surface area contributed by atoms with E-state index in [-0.39, 0.29) is 6.54 Å². The van der Waals surface area contributed by atoms with Gasteiger partial charge in [-0.1, -0.05) is 0 Å². The van der Waals surface area contributed by atoms with E-state index in [1.165, 1.54) is 4.90 Å². The lowest BCUT2D eigenvalue weighted by atomic mass is 10.3. The molecule has 0 fully saturated rings. The quantitative estimate of drug-likeness (QED) is 0.823. The van der Waals surface area contributed by atoms with Crippen molar-refractivity contribution in [3.05, 3.63) is 17.6 Å².